The van der Waals surface area contributed by atoms with Crippen LogP contribution in [0, 0.1) is 11.6 Å². The maximum atomic E-state index is 13.3. The molecule has 2 aromatic carbocycles. The van der Waals surface area contributed by atoms with E-state index in [9.17, 15) is 13.6 Å². The van der Waals surface area contributed by atoms with Crippen molar-refractivity contribution in [3.63, 3.8) is 0 Å². The zero-order valence-electron chi connectivity index (χ0n) is 12.8. The molecule has 0 aliphatic heterocycles. The Morgan fingerprint density at radius 1 is 1.12 bits per heavy atom. The zero-order chi connectivity index (χ0) is 17.1. The van der Waals surface area contributed by atoms with Crippen LogP contribution in [0.1, 0.15) is 6.92 Å². The van der Waals surface area contributed by atoms with Crippen LogP contribution in [0.2, 0.25) is 0 Å². The lowest BCUT2D eigenvalue weighted by Crippen LogP contribution is -2.22. The SMILES string of the molecule is CC(Sc1ccc(F)c(F)c1)C(=O)Nc1cccc2ncccc12. The number of carbonyl (C=O) groups is 1. The summed E-state index contributed by atoms with van der Waals surface area (Å²) in [6, 6.07) is 12.8. The molecule has 3 nitrogen and oxygen atoms in total. The highest BCUT2D eigenvalue weighted by Gasteiger charge is 2.16. The van der Waals surface area contributed by atoms with Crippen molar-refractivity contribution >= 4 is 34.3 Å². The molecule has 0 spiro atoms. The molecule has 1 aromatic heterocycles. The molecular formula is C18H14F2N2OS. The fourth-order valence-corrected chi connectivity index (χ4v) is 3.15. The molecule has 3 aromatic rings. The molecule has 0 aliphatic rings. The van der Waals surface area contributed by atoms with E-state index in [1.54, 1.807) is 25.3 Å². The van der Waals surface area contributed by atoms with Crippen molar-refractivity contribution in [3.05, 3.63) is 66.4 Å². The first-order chi connectivity index (χ1) is 11.5. The van der Waals surface area contributed by atoms with Gasteiger partial charge in [-0.05, 0) is 49.4 Å². The number of pyridine rings is 1. The van der Waals surface area contributed by atoms with E-state index < -0.39 is 16.9 Å². The number of thioether (sulfide) groups is 1. The molecule has 0 fully saturated rings. The number of rotatable bonds is 4. The van der Waals surface area contributed by atoms with E-state index in [4.69, 9.17) is 0 Å². The summed E-state index contributed by atoms with van der Waals surface area (Å²) in [6.45, 7) is 1.71. The van der Waals surface area contributed by atoms with Gasteiger partial charge >= 0.3 is 0 Å². The van der Waals surface area contributed by atoms with Crippen LogP contribution < -0.4 is 5.32 Å². The summed E-state index contributed by atoms with van der Waals surface area (Å²) in [7, 11) is 0. The molecule has 0 saturated carbocycles. The van der Waals surface area contributed by atoms with Crippen molar-refractivity contribution in [2.75, 3.05) is 5.32 Å². The van der Waals surface area contributed by atoms with Crippen molar-refractivity contribution in [2.24, 2.45) is 0 Å². The number of anilines is 1. The van der Waals surface area contributed by atoms with Crippen LogP contribution in [0.4, 0.5) is 14.5 Å². The number of nitrogens with one attached hydrogen (secondary N) is 1. The fraction of sp³-hybridized carbons (Fsp3) is 0.111. The van der Waals surface area contributed by atoms with Gasteiger partial charge in [0.05, 0.1) is 16.5 Å². The van der Waals surface area contributed by atoms with E-state index in [1.807, 2.05) is 18.2 Å². The monoisotopic (exact) mass is 344 g/mol. The predicted molar refractivity (Wildman–Crippen MR) is 92.0 cm³/mol. The van der Waals surface area contributed by atoms with Gasteiger partial charge in [-0.15, -0.1) is 11.8 Å². The van der Waals surface area contributed by atoms with Crippen molar-refractivity contribution < 1.29 is 13.6 Å². The van der Waals surface area contributed by atoms with Crippen LogP contribution in [0.15, 0.2) is 59.6 Å². The number of aromatic nitrogens is 1. The van der Waals surface area contributed by atoms with Gasteiger partial charge in [-0.3, -0.25) is 9.78 Å². The molecule has 0 bridgehead atoms. The number of benzene rings is 2. The lowest BCUT2D eigenvalue weighted by molar-refractivity contribution is -0.115. The first-order valence-corrected chi connectivity index (χ1v) is 8.19. The Kier molecular flexibility index (Phi) is 4.76. The highest BCUT2D eigenvalue weighted by molar-refractivity contribution is 8.00. The van der Waals surface area contributed by atoms with E-state index >= 15 is 0 Å². The molecule has 1 heterocycles. The van der Waals surface area contributed by atoms with Crippen molar-refractivity contribution in [2.45, 2.75) is 17.1 Å². The van der Waals surface area contributed by atoms with E-state index in [1.165, 1.54) is 6.07 Å². The molecular weight excluding hydrogens is 330 g/mol. The van der Waals surface area contributed by atoms with Crippen LogP contribution in [0.5, 0.6) is 0 Å². The lowest BCUT2D eigenvalue weighted by atomic mass is 10.2. The second kappa shape index (κ2) is 6.97. The second-order valence-corrected chi connectivity index (χ2v) is 6.62. The van der Waals surface area contributed by atoms with Gasteiger partial charge in [-0.2, -0.15) is 0 Å². The predicted octanol–water partition coefficient (Wildman–Crippen LogP) is 4.63. The average molecular weight is 344 g/mol. The minimum Gasteiger partial charge on any atom is -0.324 e. The van der Waals surface area contributed by atoms with Gasteiger partial charge in [0.1, 0.15) is 0 Å². The maximum absolute atomic E-state index is 13.3. The van der Waals surface area contributed by atoms with Gasteiger partial charge in [-0.25, -0.2) is 8.78 Å². The third kappa shape index (κ3) is 3.54. The summed E-state index contributed by atoms with van der Waals surface area (Å²) < 4.78 is 26.2. The zero-order valence-corrected chi connectivity index (χ0v) is 13.6. The normalized spacial score (nSPS) is 12.1. The van der Waals surface area contributed by atoms with Gasteiger partial charge in [0, 0.05) is 16.5 Å². The van der Waals surface area contributed by atoms with Gasteiger partial charge < -0.3 is 5.32 Å². The van der Waals surface area contributed by atoms with E-state index in [2.05, 4.69) is 10.3 Å². The summed E-state index contributed by atoms with van der Waals surface area (Å²) in [4.78, 5) is 17.1. The summed E-state index contributed by atoms with van der Waals surface area (Å²) >= 11 is 1.16. The Morgan fingerprint density at radius 2 is 1.96 bits per heavy atom. The average Bonchev–Trinajstić information content (AvgIpc) is 2.58. The van der Waals surface area contributed by atoms with Gasteiger partial charge in [-0.1, -0.05) is 6.07 Å². The van der Waals surface area contributed by atoms with Crippen LogP contribution in [0.25, 0.3) is 10.9 Å². The minimum absolute atomic E-state index is 0.221. The van der Waals surface area contributed by atoms with E-state index in [0.717, 1.165) is 34.8 Å². The molecule has 1 unspecified atom stereocenters. The molecule has 0 radical (unpaired) electrons. The Labute approximate surface area is 142 Å². The third-order valence-corrected chi connectivity index (χ3v) is 4.57. The van der Waals surface area contributed by atoms with Crippen LogP contribution in [-0.2, 0) is 4.79 Å². The Balaban J connectivity index is 1.75. The van der Waals surface area contributed by atoms with Gasteiger partial charge in [0.2, 0.25) is 5.91 Å². The Morgan fingerprint density at radius 3 is 2.75 bits per heavy atom. The summed E-state index contributed by atoms with van der Waals surface area (Å²) in [5.41, 5.74) is 1.46. The van der Waals surface area contributed by atoms with Crippen LogP contribution in [0.3, 0.4) is 0 Å². The smallest absolute Gasteiger partial charge is 0.237 e. The Bertz CT molecular complexity index is 896. The number of carbonyl (C=O) groups excluding carboxylic acids is 1. The molecule has 0 saturated heterocycles. The maximum Gasteiger partial charge on any atom is 0.237 e. The number of amides is 1. The molecule has 1 N–H and O–H groups in total. The quantitative estimate of drug-likeness (QED) is 0.702. The van der Waals surface area contributed by atoms with Gasteiger partial charge in [0.25, 0.3) is 0 Å². The molecule has 6 heteroatoms. The highest BCUT2D eigenvalue weighted by atomic mass is 32.2. The first kappa shape index (κ1) is 16.4. The van der Waals surface area contributed by atoms with Gasteiger partial charge in [0.15, 0.2) is 11.6 Å². The molecule has 24 heavy (non-hydrogen) atoms. The molecule has 0 aliphatic carbocycles. The fourth-order valence-electron chi connectivity index (χ4n) is 2.25. The molecule has 1 atom stereocenters. The van der Waals surface area contributed by atoms with E-state index in [-0.39, 0.29) is 5.91 Å². The minimum atomic E-state index is -0.923. The highest BCUT2D eigenvalue weighted by Crippen LogP contribution is 2.27. The first-order valence-electron chi connectivity index (χ1n) is 7.31. The number of nitrogens with zero attached hydrogens (tertiary/aromatic N) is 1. The molecule has 1 amide bonds. The number of fused-ring (bicyclic) bond motifs is 1. The largest absolute Gasteiger partial charge is 0.324 e. The Hall–Kier alpha value is -2.47. The number of halogens is 2. The van der Waals surface area contributed by atoms with Crippen LogP contribution >= 0.6 is 11.8 Å². The number of hydrogen-bond donors (Lipinski definition) is 1. The molecule has 3 rings (SSSR count). The van der Waals surface area contributed by atoms with Crippen molar-refractivity contribution in [3.8, 4) is 0 Å². The number of hydrogen-bond acceptors (Lipinski definition) is 3. The summed E-state index contributed by atoms with van der Waals surface area (Å²) in [6.07, 6.45) is 1.69. The van der Waals surface area contributed by atoms with Crippen molar-refractivity contribution in [1.29, 1.82) is 0 Å². The summed E-state index contributed by atoms with van der Waals surface area (Å²) in [5, 5.41) is 3.24. The lowest BCUT2D eigenvalue weighted by Gasteiger charge is -2.13. The topological polar surface area (TPSA) is 42.0 Å². The second-order valence-electron chi connectivity index (χ2n) is 5.20. The van der Waals surface area contributed by atoms with Crippen LogP contribution in [-0.4, -0.2) is 16.1 Å². The third-order valence-electron chi connectivity index (χ3n) is 3.48. The molecule has 122 valence electrons. The van der Waals surface area contributed by atoms with Crippen molar-refractivity contribution in [1.82, 2.24) is 4.98 Å². The van der Waals surface area contributed by atoms with E-state index in [0.29, 0.717) is 10.6 Å². The summed E-state index contributed by atoms with van der Waals surface area (Å²) in [5.74, 6) is -2.05. The standard InChI is InChI=1S/C18H14F2N2OS/c1-11(24-12-7-8-14(19)15(20)10-12)18(23)22-17-6-2-5-16-13(17)4-3-9-21-16/h2-11H,1H3,(H,22,23).